The first-order valence-corrected chi connectivity index (χ1v) is 8.39. The third kappa shape index (κ3) is 5.23. The molecule has 0 heterocycles. The Kier molecular flexibility index (Phi) is 7.14. The molecule has 9 heteroatoms. The lowest BCUT2D eigenvalue weighted by atomic mass is 10.1. The van der Waals surface area contributed by atoms with Gasteiger partial charge >= 0.3 is 5.97 Å². The highest BCUT2D eigenvalue weighted by Gasteiger charge is 2.20. The molecule has 150 valence electrons. The quantitative estimate of drug-likeness (QED) is 0.516. The Balaban J connectivity index is 2.09. The molecule has 2 rings (SSSR count). The highest BCUT2D eigenvalue weighted by molar-refractivity contribution is 6.02. The fourth-order valence-electron chi connectivity index (χ4n) is 2.39. The number of carboxylic acid groups (broad SMARTS) is 1. The minimum Gasteiger partial charge on any atom is -0.493 e. The van der Waals surface area contributed by atoms with Crippen LogP contribution in [0.4, 0.5) is 0 Å². The largest absolute Gasteiger partial charge is 0.493 e. The van der Waals surface area contributed by atoms with Gasteiger partial charge in [-0.25, -0.2) is 10.2 Å². The summed E-state index contributed by atoms with van der Waals surface area (Å²) in [6.45, 7) is 1.53. The Labute approximate surface area is 167 Å². The smallest absolute Gasteiger partial charge is 0.340 e. The molecule has 0 spiro atoms. The van der Waals surface area contributed by atoms with Gasteiger partial charge in [0.05, 0.1) is 32.1 Å². The Morgan fingerprint density at radius 1 is 1.17 bits per heavy atom. The maximum Gasteiger partial charge on any atom is 0.340 e. The predicted octanol–water partition coefficient (Wildman–Crippen LogP) is 2.19. The topological polar surface area (TPSA) is 130 Å². The molecule has 29 heavy (non-hydrogen) atoms. The molecule has 0 radical (unpaired) electrons. The van der Waals surface area contributed by atoms with Gasteiger partial charge in [0.15, 0.2) is 17.6 Å². The number of aromatic carboxylic acids is 1. The van der Waals surface area contributed by atoms with Gasteiger partial charge in [-0.2, -0.15) is 10.4 Å². The van der Waals surface area contributed by atoms with Gasteiger partial charge in [-0.1, -0.05) is 0 Å². The Bertz CT molecular complexity index is 963. The maximum absolute atomic E-state index is 12.1. The van der Waals surface area contributed by atoms with Crippen molar-refractivity contribution in [3.8, 4) is 23.3 Å². The lowest BCUT2D eigenvalue weighted by Gasteiger charge is -2.13. The first kappa shape index (κ1) is 21.2. The van der Waals surface area contributed by atoms with Gasteiger partial charge in [-0.15, -0.1) is 0 Å². The van der Waals surface area contributed by atoms with Gasteiger partial charge < -0.3 is 19.3 Å². The number of nitrogens with zero attached hydrogens (tertiary/aromatic N) is 2. The molecule has 1 amide bonds. The van der Waals surface area contributed by atoms with Crippen molar-refractivity contribution in [3.63, 3.8) is 0 Å². The second-order valence-corrected chi connectivity index (χ2v) is 5.70. The van der Waals surface area contributed by atoms with Crippen molar-refractivity contribution in [2.45, 2.75) is 13.0 Å². The van der Waals surface area contributed by atoms with Crippen LogP contribution in [0.15, 0.2) is 41.5 Å². The van der Waals surface area contributed by atoms with Crippen LogP contribution in [0.1, 0.15) is 28.4 Å². The van der Waals surface area contributed by atoms with Crippen LogP contribution in [0.5, 0.6) is 17.2 Å². The summed E-state index contributed by atoms with van der Waals surface area (Å²) in [6, 6.07) is 11.3. The Hall–Kier alpha value is -4.06. The van der Waals surface area contributed by atoms with Gasteiger partial charge in [0, 0.05) is 5.56 Å². The average molecular weight is 397 g/mol. The standard InChI is InChI=1S/C20H19N3O6/c1-12(29-15-7-4-13(10-21)5-8-15)19(24)23-22-11-14-6-9-16(27-2)18(28-3)17(14)20(25)26/h4-9,11-12H,1-3H3,(H,23,24)(H,25,26)/b22-11-/t12-/m1/s1. The number of methoxy groups -OCH3 is 2. The first-order chi connectivity index (χ1) is 13.9. The molecule has 0 aliphatic rings. The van der Waals surface area contributed by atoms with E-state index in [-0.39, 0.29) is 22.6 Å². The molecular weight excluding hydrogens is 378 g/mol. The van der Waals surface area contributed by atoms with Crippen LogP contribution in [0.3, 0.4) is 0 Å². The van der Waals surface area contributed by atoms with Gasteiger partial charge in [0.1, 0.15) is 11.3 Å². The third-order valence-electron chi connectivity index (χ3n) is 3.84. The summed E-state index contributed by atoms with van der Waals surface area (Å²) in [4.78, 5) is 23.7. The molecule has 1 atom stereocenters. The highest BCUT2D eigenvalue weighted by Crippen LogP contribution is 2.32. The van der Waals surface area contributed by atoms with Crippen molar-refractivity contribution in [2.24, 2.45) is 5.10 Å². The number of carbonyl (C=O) groups is 2. The van der Waals surface area contributed by atoms with Crippen LogP contribution in [0, 0.1) is 11.3 Å². The van der Waals surface area contributed by atoms with Gasteiger partial charge in [0.2, 0.25) is 0 Å². The van der Waals surface area contributed by atoms with Crippen molar-refractivity contribution in [1.29, 1.82) is 5.26 Å². The number of amides is 1. The van der Waals surface area contributed by atoms with Crippen LogP contribution in [-0.2, 0) is 4.79 Å². The molecule has 0 aliphatic carbocycles. The van der Waals surface area contributed by atoms with E-state index in [1.165, 1.54) is 39.5 Å². The van der Waals surface area contributed by atoms with Crippen LogP contribution < -0.4 is 19.6 Å². The molecule has 2 N–H and O–H groups in total. The zero-order valence-electron chi connectivity index (χ0n) is 16.0. The second kappa shape index (κ2) is 9.75. The van der Waals surface area contributed by atoms with E-state index in [1.54, 1.807) is 24.3 Å². The van der Waals surface area contributed by atoms with E-state index in [0.717, 1.165) is 0 Å². The summed E-state index contributed by atoms with van der Waals surface area (Å²) in [5.41, 5.74) is 2.84. The van der Waals surface area contributed by atoms with Crippen LogP contribution in [0.2, 0.25) is 0 Å². The SMILES string of the molecule is COc1ccc(/C=N\NC(=O)[C@@H](C)Oc2ccc(C#N)cc2)c(C(=O)O)c1OC. The fraction of sp³-hybridized carbons (Fsp3) is 0.200. The van der Waals surface area contributed by atoms with Crippen molar-refractivity contribution >= 4 is 18.1 Å². The fourth-order valence-corrected chi connectivity index (χ4v) is 2.39. The number of benzene rings is 2. The average Bonchev–Trinajstić information content (AvgIpc) is 2.73. The van der Waals surface area contributed by atoms with Gasteiger partial charge in [0.25, 0.3) is 5.91 Å². The summed E-state index contributed by atoms with van der Waals surface area (Å²) in [7, 11) is 2.72. The number of carboxylic acids is 1. The summed E-state index contributed by atoms with van der Waals surface area (Å²) >= 11 is 0. The molecule has 0 saturated heterocycles. The number of rotatable bonds is 8. The molecule has 2 aromatic carbocycles. The Morgan fingerprint density at radius 2 is 1.86 bits per heavy atom. The van der Waals surface area contributed by atoms with Gasteiger partial charge in [-0.05, 0) is 43.3 Å². The molecule has 0 saturated carbocycles. The number of nitrogens with one attached hydrogen (secondary N) is 1. The zero-order chi connectivity index (χ0) is 21.4. The van der Waals surface area contributed by atoms with E-state index in [9.17, 15) is 14.7 Å². The minimum atomic E-state index is -1.23. The maximum atomic E-state index is 12.1. The summed E-state index contributed by atoms with van der Waals surface area (Å²) < 4.78 is 15.7. The van der Waals surface area contributed by atoms with Crippen LogP contribution in [0.25, 0.3) is 0 Å². The van der Waals surface area contributed by atoms with Crippen LogP contribution >= 0.6 is 0 Å². The van der Waals surface area contributed by atoms with E-state index >= 15 is 0 Å². The van der Waals surface area contributed by atoms with Crippen molar-refractivity contribution < 1.29 is 28.9 Å². The van der Waals surface area contributed by atoms with Gasteiger partial charge in [-0.3, -0.25) is 4.79 Å². The van der Waals surface area contributed by atoms with Crippen molar-refractivity contribution in [3.05, 3.63) is 53.1 Å². The second-order valence-electron chi connectivity index (χ2n) is 5.70. The predicted molar refractivity (Wildman–Crippen MR) is 103 cm³/mol. The molecule has 0 aromatic heterocycles. The van der Waals surface area contributed by atoms with Crippen molar-refractivity contribution in [2.75, 3.05) is 14.2 Å². The molecule has 0 aliphatic heterocycles. The van der Waals surface area contributed by atoms with E-state index in [2.05, 4.69) is 10.5 Å². The number of hydrogen-bond acceptors (Lipinski definition) is 7. The minimum absolute atomic E-state index is 0.0489. The lowest BCUT2D eigenvalue weighted by molar-refractivity contribution is -0.127. The van der Waals surface area contributed by atoms with E-state index in [0.29, 0.717) is 11.3 Å². The summed E-state index contributed by atoms with van der Waals surface area (Å²) in [5, 5.41) is 22.1. The van der Waals surface area contributed by atoms with Crippen molar-refractivity contribution in [1.82, 2.24) is 5.43 Å². The first-order valence-electron chi connectivity index (χ1n) is 8.39. The lowest BCUT2D eigenvalue weighted by Crippen LogP contribution is -2.33. The molecular formula is C20H19N3O6. The molecule has 0 unspecified atom stereocenters. The highest BCUT2D eigenvalue weighted by atomic mass is 16.5. The Morgan fingerprint density at radius 3 is 2.41 bits per heavy atom. The van der Waals surface area contributed by atoms with E-state index in [1.807, 2.05) is 6.07 Å². The summed E-state index contributed by atoms with van der Waals surface area (Å²) in [6.07, 6.45) is 0.321. The normalized spacial score (nSPS) is 11.4. The molecule has 0 fully saturated rings. The van der Waals surface area contributed by atoms with Crippen LogP contribution in [-0.4, -0.2) is 43.5 Å². The van der Waals surface area contributed by atoms with E-state index in [4.69, 9.17) is 19.5 Å². The molecule has 9 nitrogen and oxygen atoms in total. The number of hydrogen-bond donors (Lipinski definition) is 2. The number of hydrazone groups is 1. The number of nitriles is 1. The molecule has 0 bridgehead atoms. The number of ether oxygens (including phenoxy) is 3. The van der Waals surface area contributed by atoms with E-state index < -0.39 is 18.0 Å². The zero-order valence-corrected chi connectivity index (χ0v) is 16.0. The monoisotopic (exact) mass is 397 g/mol. The number of carbonyl (C=O) groups excluding carboxylic acids is 1. The third-order valence-corrected chi connectivity index (χ3v) is 3.84. The molecule has 2 aromatic rings. The summed E-state index contributed by atoms with van der Waals surface area (Å²) in [5.74, 6) is -1.04.